The second-order valence-corrected chi connectivity index (χ2v) is 6.30. The van der Waals surface area contributed by atoms with E-state index in [-0.39, 0.29) is 19.9 Å². The molecule has 5 N–H and O–H groups in total. The van der Waals surface area contributed by atoms with Crippen molar-refractivity contribution in [2.24, 2.45) is 0 Å². The van der Waals surface area contributed by atoms with Crippen LogP contribution in [0.3, 0.4) is 0 Å². The Bertz CT molecular complexity index is 689. The van der Waals surface area contributed by atoms with E-state index in [1.54, 1.807) is 4.57 Å². The minimum Gasteiger partial charge on any atom is -0.396 e. The molecule has 0 amide bonds. The highest BCUT2D eigenvalue weighted by atomic mass is 31.2. The highest BCUT2D eigenvalue weighted by molar-refractivity contribution is 7.51. The predicted octanol–water partition coefficient (Wildman–Crippen LogP) is -0.737. The van der Waals surface area contributed by atoms with Gasteiger partial charge >= 0.3 is 7.60 Å². The third kappa shape index (κ3) is 4.67. The lowest BCUT2D eigenvalue weighted by Crippen LogP contribution is -2.17. The number of imidazole rings is 1. The maximum atomic E-state index is 10.8. The van der Waals surface area contributed by atoms with Crippen LogP contribution >= 0.6 is 7.60 Å². The van der Waals surface area contributed by atoms with Crippen LogP contribution in [0.4, 0.5) is 5.82 Å². The Balaban J connectivity index is 2.23. The summed E-state index contributed by atoms with van der Waals surface area (Å²) in [4.78, 5) is 29.9. The first kappa shape index (κ1) is 17.7. The molecule has 12 heteroatoms. The van der Waals surface area contributed by atoms with E-state index in [1.807, 2.05) is 0 Å². The average molecular weight is 347 g/mol. The highest BCUT2D eigenvalue weighted by Crippen LogP contribution is 2.34. The number of hydrogen-bond donors (Lipinski definition) is 5. The van der Waals surface area contributed by atoms with Gasteiger partial charge in [-0.25, -0.2) is 15.0 Å². The third-order valence-electron chi connectivity index (χ3n) is 3.03. The molecule has 11 nitrogen and oxygen atoms in total. The van der Waals surface area contributed by atoms with Gasteiger partial charge < -0.3 is 34.6 Å². The molecule has 1 atom stereocenters. The summed E-state index contributed by atoms with van der Waals surface area (Å²) >= 11 is 0. The van der Waals surface area contributed by atoms with Gasteiger partial charge in [0.05, 0.1) is 19.0 Å². The van der Waals surface area contributed by atoms with Gasteiger partial charge in [-0.1, -0.05) is 0 Å². The number of aromatic nitrogens is 4. The van der Waals surface area contributed by atoms with Crippen LogP contribution in [-0.2, 0) is 9.30 Å². The van der Waals surface area contributed by atoms with E-state index in [9.17, 15) is 9.67 Å². The number of fused-ring (bicyclic) bond motifs is 1. The molecule has 0 aliphatic heterocycles. The summed E-state index contributed by atoms with van der Waals surface area (Å²) in [6.45, 7) is -0.481. The van der Waals surface area contributed by atoms with E-state index in [2.05, 4.69) is 20.3 Å². The van der Waals surface area contributed by atoms with Crippen molar-refractivity contribution in [3.05, 3.63) is 12.7 Å². The van der Waals surface area contributed by atoms with Crippen LogP contribution in [0.5, 0.6) is 0 Å². The molecule has 2 aromatic heterocycles. The monoisotopic (exact) mass is 347 g/mol. The van der Waals surface area contributed by atoms with E-state index in [0.29, 0.717) is 23.4 Å². The third-order valence-corrected chi connectivity index (χ3v) is 3.55. The van der Waals surface area contributed by atoms with Crippen molar-refractivity contribution >= 4 is 24.6 Å². The lowest BCUT2D eigenvalue weighted by Gasteiger charge is -2.18. The minimum absolute atomic E-state index is 0.0239. The largest absolute Gasteiger partial charge is 0.396 e. The second kappa shape index (κ2) is 7.77. The predicted molar refractivity (Wildman–Crippen MR) is 79.6 cm³/mol. The maximum absolute atomic E-state index is 10.8. The number of nitrogens with zero attached hydrogens (tertiary/aromatic N) is 4. The van der Waals surface area contributed by atoms with E-state index < -0.39 is 20.0 Å². The summed E-state index contributed by atoms with van der Waals surface area (Å²) in [5.74, 6) is 0.357. The van der Waals surface area contributed by atoms with Crippen LogP contribution in [0.25, 0.3) is 11.2 Å². The number of anilines is 1. The van der Waals surface area contributed by atoms with Gasteiger partial charge in [0.15, 0.2) is 11.5 Å². The van der Waals surface area contributed by atoms with Crippen molar-refractivity contribution in [2.45, 2.75) is 12.5 Å². The maximum Gasteiger partial charge on any atom is 0.350 e. The number of rotatable bonds is 9. The molecule has 2 rings (SSSR count). The van der Waals surface area contributed by atoms with Crippen molar-refractivity contribution < 1.29 is 29.3 Å². The molecule has 0 saturated carbocycles. The topological polar surface area (TPSA) is 163 Å². The Morgan fingerprint density at radius 2 is 2.09 bits per heavy atom. The molecule has 2 aromatic rings. The van der Waals surface area contributed by atoms with E-state index in [4.69, 9.17) is 19.6 Å². The second-order valence-electron chi connectivity index (χ2n) is 4.71. The Morgan fingerprint density at radius 1 is 1.30 bits per heavy atom. The number of aliphatic hydroxyl groups is 2. The molecule has 1 unspecified atom stereocenters. The van der Waals surface area contributed by atoms with Crippen molar-refractivity contribution in [1.82, 2.24) is 19.5 Å². The Morgan fingerprint density at radius 3 is 2.74 bits per heavy atom. The Kier molecular flexibility index (Phi) is 5.99. The van der Waals surface area contributed by atoms with Gasteiger partial charge in [0.2, 0.25) is 0 Å². The van der Waals surface area contributed by atoms with Crippen molar-refractivity contribution in [3.63, 3.8) is 0 Å². The summed E-state index contributed by atoms with van der Waals surface area (Å²) in [7, 11) is -4.26. The fourth-order valence-electron chi connectivity index (χ4n) is 2.08. The van der Waals surface area contributed by atoms with Gasteiger partial charge in [0.1, 0.15) is 24.9 Å². The van der Waals surface area contributed by atoms with Crippen molar-refractivity contribution in [3.8, 4) is 0 Å². The quantitative estimate of drug-likeness (QED) is 0.288. The molecule has 0 bridgehead atoms. The first-order valence-corrected chi connectivity index (χ1v) is 8.51. The van der Waals surface area contributed by atoms with E-state index in [0.717, 1.165) is 0 Å². The van der Waals surface area contributed by atoms with Crippen LogP contribution in [-0.4, -0.2) is 65.8 Å². The highest BCUT2D eigenvalue weighted by Gasteiger charge is 2.19. The zero-order valence-corrected chi connectivity index (χ0v) is 13.0. The van der Waals surface area contributed by atoms with Gasteiger partial charge in [-0.2, -0.15) is 0 Å². The normalized spacial score (nSPS) is 13.4. The zero-order valence-electron chi connectivity index (χ0n) is 12.1. The van der Waals surface area contributed by atoms with E-state index in [1.165, 1.54) is 12.7 Å². The molecule has 0 radical (unpaired) electrons. The molecule has 0 fully saturated rings. The molecule has 0 saturated heterocycles. The minimum atomic E-state index is -4.26. The van der Waals surface area contributed by atoms with Crippen molar-refractivity contribution in [1.29, 1.82) is 0 Å². The molecule has 0 spiro atoms. The lowest BCUT2D eigenvalue weighted by molar-refractivity contribution is 0.112. The summed E-state index contributed by atoms with van der Waals surface area (Å²) < 4.78 is 17.5. The molecular weight excluding hydrogens is 329 g/mol. The van der Waals surface area contributed by atoms with Crippen LogP contribution in [0.2, 0.25) is 0 Å². The number of hydrogen-bond acceptors (Lipinski definition) is 8. The summed E-state index contributed by atoms with van der Waals surface area (Å²) in [5.41, 5.74) is 0.883. The summed E-state index contributed by atoms with van der Waals surface area (Å²) in [5, 5.41) is 20.8. The molecule has 128 valence electrons. The van der Waals surface area contributed by atoms with Gasteiger partial charge in [-0.05, 0) is 6.42 Å². The number of ether oxygens (including phenoxy) is 1. The Hall–Kier alpha value is -1.62. The molecule has 0 aromatic carbocycles. The fraction of sp³-hybridized carbons (Fsp3) is 0.545. The lowest BCUT2D eigenvalue weighted by atomic mass is 10.2. The smallest absolute Gasteiger partial charge is 0.350 e. The molecule has 23 heavy (non-hydrogen) atoms. The van der Waals surface area contributed by atoms with Crippen LogP contribution in [0.15, 0.2) is 12.7 Å². The number of nitrogens with one attached hydrogen (secondary N) is 1. The first-order chi connectivity index (χ1) is 11.0. The van der Waals surface area contributed by atoms with Crippen LogP contribution in [0, 0.1) is 0 Å². The average Bonchev–Trinajstić information content (AvgIpc) is 2.90. The van der Waals surface area contributed by atoms with Crippen molar-refractivity contribution in [2.75, 3.05) is 31.6 Å². The standard InChI is InChI=1S/C11H18N5O6P/c17-2-1-8(3-22-7-23(19,20)21)16-5-14-9-10(15-6-18)12-4-13-11(9)16/h4-5,8,17-18H,1-3,6-7H2,(H,12,13,15)(H2,19,20,21). The number of aliphatic hydroxyl groups excluding tert-OH is 2. The first-order valence-electron chi connectivity index (χ1n) is 6.71. The molecule has 0 aliphatic carbocycles. The Labute approximate surface area is 131 Å². The molecular formula is C11H18N5O6P. The molecule has 2 heterocycles. The van der Waals surface area contributed by atoms with Gasteiger partial charge in [-0.3, -0.25) is 4.57 Å². The fourth-order valence-corrected chi connectivity index (χ4v) is 2.43. The van der Waals surface area contributed by atoms with Gasteiger partial charge in [0.25, 0.3) is 0 Å². The summed E-state index contributed by atoms with van der Waals surface area (Å²) in [6.07, 6.45) is 2.36. The SMILES string of the molecule is O=P(O)(O)COCC(CCO)n1cnc2c(NCO)ncnc21. The van der Waals surface area contributed by atoms with Crippen LogP contribution in [0.1, 0.15) is 12.5 Å². The van der Waals surface area contributed by atoms with Gasteiger partial charge in [0, 0.05) is 6.61 Å². The zero-order chi connectivity index (χ0) is 16.9. The molecule has 0 aliphatic rings. The summed E-state index contributed by atoms with van der Waals surface area (Å²) in [6, 6.07) is -0.409. The van der Waals surface area contributed by atoms with Crippen LogP contribution < -0.4 is 5.32 Å². The van der Waals surface area contributed by atoms with E-state index >= 15 is 0 Å². The van der Waals surface area contributed by atoms with Gasteiger partial charge in [-0.15, -0.1) is 0 Å².